The van der Waals surface area contributed by atoms with Gasteiger partial charge in [0.1, 0.15) is 0 Å². The van der Waals surface area contributed by atoms with E-state index >= 15 is 0 Å². The van der Waals surface area contributed by atoms with Crippen molar-refractivity contribution in [1.29, 1.82) is 0 Å². The van der Waals surface area contributed by atoms with Crippen molar-refractivity contribution in [1.82, 2.24) is 9.80 Å². The second-order valence-electron chi connectivity index (χ2n) is 7.34. The fourth-order valence-corrected chi connectivity index (χ4v) is 4.50. The summed E-state index contributed by atoms with van der Waals surface area (Å²) in [5, 5.41) is 0. The van der Waals surface area contributed by atoms with Crippen LogP contribution in [0.1, 0.15) is 65.2 Å². The quantitative estimate of drug-likeness (QED) is 0.817. The lowest BCUT2D eigenvalue weighted by molar-refractivity contribution is 0.0282. The van der Waals surface area contributed by atoms with Crippen molar-refractivity contribution in [3.8, 4) is 0 Å². The second kappa shape index (κ2) is 8.50. The zero-order chi connectivity index (χ0) is 15.1. The summed E-state index contributed by atoms with van der Waals surface area (Å²) < 4.78 is 0. The Morgan fingerprint density at radius 2 is 1.76 bits per heavy atom. The van der Waals surface area contributed by atoms with Gasteiger partial charge in [0.25, 0.3) is 0 Å². The highest BCUT2D eigenvalue weighted by molar-refractivity contribution is 4.97. The molecule has 2 fully saturated rings. The molecule has 2 saturated heterocycles. The fourth-order valence-electron chi connectivity index (χ4n) is 4.50. The Hall–Kier alpha value is -0.120. The van der Waals surface area contributed by atoms with Gasteiger partial charge >= 0.3 is 0 Å². The predicted molar refractivity (Wildman–Crippen MR) is 91.6 cm³/mol. The maximum absolute atomic E-state index is 6.27. The normalized spacial score (nSPS) is 28.4. The van der Waals surface area contributed by atoms with Crippen LogP contribution in [0.2, 0.25) is 0 Å². The first kappa shape index (κ1) is 17.2. The molecular formula is C18H37N3. The van der Waals surface area contributed by atoms with E-state index in [0.29, 0.717) is 5.54 Å². The van der Waals surface area contributed by atoms with Gasteiger partial charge in [0.2, 0.25) is 0 Å². The van der Waals surface area contributed by atoms with Crippen molar-refractivity contribution in [2.75, 3.05) is 39.3 Å². The number of piperidine rings is 1. The molecule has 0 bridgehead atoms. The molecule has 21 heavy (non-hydrogen) atoms. The van der Waals surface area contributed by atoms with Gasteiger partial charge in [0, 0.05) is 12.1 Å². The largest absolute Gasteiger partial charge is 0.329 e. The Kier molecular flexibility index (Phi) is 6.97. The summed E-state index contributed by atoms with van der Waals surface area (Å²) in [6.07, 6.45) is 10.8. The molecule has 0 spiro atoms. The van der Waals surface area contributed by atoms with E-state index in [1.807, 2.05) is 0 Å². The molecule has 0 saturated carbocycles. The van der Waals surface area contributed by atoms with Crippen molar-refractivity contribution < 1.29 is 0 Å². The van der Waals surface area contributed by atoms with E-state index in [4.69, 9.17) is 5.73 Å². The van der Waals surface area contributed by atoms with Gasteiger partial charge in [-0.05, 0) is 77.2 Å². The van der Waals surface area contributed by atoms with Crippen LogP contribution in [0.4, 0.5) is 0 Å². The molecule has 124 valence electrons. The topological polar surface area (TPSA) is 32.5 Å². The van der Waals surface area contributed by atoms with Gasteiger partial charge < -0.3 is 10.6 Å². The van der Waals surface area contributed by atoms with Crippen molar-refractivity contribution >= 4 is 0 Å². The van der Waals surface area contributed by atoms with E-state index < -0.39 is 0 Å². The Labute approximate surface area is 132 Å². The van der Waals surface area contributed by atoms with Gasteiger partial charge in [0.15, 0.2) is 0 Å². The fraction of sp³-hybridized carbons (Fsp3) is 1.00. The molecule has 0 aromatic rings. The maximum Gasteiger partial charge on any atom is 0.0356 e. The summed E-state index contributed by atoms with van der Waals surface area (Å²) in [6, 6.07) is 0. The molecule has 2 heterocycles. The van der Waals surface area contributed by atoms with Crippen molar-refractivity contribution in [3.05, 3.63) is 0 Å². The molecule has 3 heteroatoms. The molecule has 0 aromatic carbocycles. The SMILES string of the molecule is CCCC1CCCN(C2(CN)CCN(CCC)CC2)CC1. The third kappa shape index (κ3) is 4.43. The van der Waals surface area contributed by atoms with E-state index in [1.165, 1.54) is 84.1 Å². The number of nitrogens with two attached hydrogens (primary N) is 1. The number of nitrogens with zero attached hydrogens (tertiary/aromatic N) is 2. The van der Waals surface area contributed by atoms with Crippen LogP contribution in [0.25, 0.3) is 0 Å². The summed E-state index contributed by atoms with van der Waals surface area (Å²) in [6.45, 7) is 11.8. The van der Waals surface area contributed by atoms with Crippen LogP contribution < -0.4 is 5.73 Å². The molecule has 3 nitrogen and oxygen atoms in total. The number of hydrogen-bond donors (Lipinski definition) is 1. The predicted octanol–water partition coefficient (Wildman–Crippen LogP) is 3.09. The Morgan fingerprint density at radius 1 is 1.00 bits per heavy atom. The Bertz CT molecular complexity index is 284. The standard InChI is InChI=1S/C18H37N3/c1-3-6-17-7-5-12-21(13-8-17)18(16-19)9-14-20(11-4-2)15-10-18/h17H,3-16,19H2,1-2H3. The van der Waals surface area contributed by atoms with Gasteiger partial charge in [-0.15, -0.1) is 0 Å². The Morgan fingerprint density at radius 3 is 2.38 bits per heavy atom. The van der Waals surface area contributed by atoms with Crippen molar-refractivity contribution in [2.24, 2.45) is 11.7 Å². The van der Waals surface area contributed by atoms with Crippen LogP contribution >= 0.6 is 0 Å². The number of likely N-dealkylation sites (tertiary alicyclic amines) is 2. The van der Waals surface area contributed by atoms with E-state index in [2.05, 4.69) is 23.6 Å². The minimum atomic E-state index is 0.311. The van der Waals surface area contributed by atoms with Gasteiger partial charge in [-0.2, -0.15) is 0 Å². The van der Waals surface area contributed by atoms with Crippen LogP contribution in [0.3, 0.4) is 0 Å². The van der Waals surface area contributed by atoms with Crippen molar-refractivity contribution in [2.45, 2.75) is 70.8 Å². The van der Waals surface area contributed by atoms with Crippen LogP contribution in [0.5, 0.6) is 0 Å². The first-order chi connectivity index (χ1) is 10.2. The molecule has 2 rings (SSSR count). The summed E-state index contributed by atoms with van der Waals surface area (Å²) >= 11 is 0. The average Bonchev–Trinajstić information content (AvgIpc) is 2.75. The lowest BCUT2D eigenvalue weighted by atomic mass is 9.85. The molecule has 0 aromatic heterocycles. The third-order valence-electron chi connectivity index (χ3n) is 5.92. The van der Waals surface area contributed by atoms with Crippen molar-refractivity contribution in [3.63, 3.8) is 0 Å². The summed E-state index contributed by atoms with van der Waals surface area (Å²) in [7, 11) is 0. The van der Waals surface area contributed by atoms with Gasteiger partial charge in [-0.1, -0.05) is 26.7 Å². The highest BCUT2D eigenvalue weighted by Gasteiger charge is 2.39. The lowest BCUT2D eigenvalue weighted by Crippen LogP contribution is -2.59. The zero-order valence-corrected chi connectivity index (χ0v) is 14.4. The van der Waals surface area contributed by atoms with Crippen LogP contribution in [0, 0.1) is 5.92 Å². The van der Waals surface area contributed by atoms with Crippen LogP contribution in [-0.4, -0.2) is 54.6 Å². The molecule has 2 N–H and O–H groups in total. The minimum absolute atomic E-state index is 0.311. The highest BCUT2D eigenvalue weighted by Crippen LogP contribution is 2.32. The van der Waals surface area contributed by atoms with Gasteiger partial charge in [-0.3, -0.25) is 4.90 Å². The average molecular weight is 296 g/mol. The third-order valence-corrected chi connectivity index (χ3v) is 5.92. The maximum atomic E-state index is 6.27. The molecule has 0 amide bonds. The smallest absolute Gasteiger partial charge is 0.0356 e. The molecule has 0 aliphatic carbocycles. The molecule has 0 radical (unpaired) electrons. The molecule has 2 aliphatic rings. The molecular weight excluding hydrogens is 258 g/mol. The summed E-state index contributed by atoms with van der Waals surface area (Å²) in [4.78, 5) is 5.41. The van der Waals surface area contributed by atoms with E-state index in [1.54, 1.807) is 0 Å². The second-order valence-corrected chi connectivity index (χ2v) is 7.34. The van der Waals surface area contributed by atoms with E-state index in [0.717, 1.165) is 12.5 Å². The molecule has 1 atom stereocenters. The molecule has 2 aliphatic heterocycles. The lowest BCUT2D eigenvalue weighted by Gasteiger charge is -2.48. The van der Waals surface area contributed by atoms with Gasteiger partial charge in [0.05, 0.1) is 0 Å². The van der Waals surface area contributed by atoms with E-state index in [9.17, 15) is 0 Å². The Balaban J connectivity index is 1.91. The number of rotatable bonds is 6. The first-order valence-corrected chi connectivity index (χ1v) is 9.41. The monoisotopic (exact) mass is 295 g/mol. The highest BCUT2D eigenvalue weighted by atomic mass is 15.2. The molecule has 1 unspecified atom stereocenters. The summed E-state index contributed by atoms with van der Waals surface area (Å²) in [5.74, 6) is 0.968. The van der Waals surface area contributed by atoms with Gasteiger partial charge in [-0.25, -0.2) is 0 Å². The zero-order valence-electron chi connectivity index (χ0n) is 14.4. The number of hydrogen-bond acceptors (Lipinski definition) is 3. The van der Waals surface area contributed by atoms with Crippen LogP contribution in [-0.2, 0) is 0 Å². The first-order valence-electron chi connectivity index (χ1n) is 9.41. The van der Waals surface area contributed by atoms with E-state index in [-0.39, 0.29) is 0 Å². The summed E-state index contributed by atoms with van der Waals surface area (Å²) in [5.41, 5.74) is 6.58. The van der Waals surface area contributed by atoms with Crippen LogP contribution in [0.15, 0.2) is 0 Å². The minimum Gasteiger partial charge on any atom is -0.329 e.